The molecule has 0 nitrogen and oxygen atoms in total. The SMILES string of the molecule is CCCC=CC(C)(C)CCC(C)C(C)C=C(C)CC. The molecule has 0 aliphatic carbocycles. The molecule has 0 rings (SSSR count). The van der Waals surface area contributed by atoms with Crippen molar-refractivity contribution >= 4 is 0 Å². The van der Waals surface area contributed by atoms with Gasteiger partial charge in [-0.1, -0.05) is 71.8 Å². The van der Waals surface area contributed by atoms with E-state index in [1.54, 1.807) is 0 Å². The van der Waals surface area contributed by atoms with E-state index in [0.29, 0.717) is 11.3 Å². The van der Waals surface area contributed by atoms with Gasteiger partial charge in [-0.25, -0.2) is 0 Å². The molecule has 0 saturated carbocycles. The lowest BCUT2D eigenvalue weighted by atomic mass is 9.81. The molecule has 0 bridgehead atoms. The smallest absolute Gasteiger partial charge is 0.0175 e. The van der Waals surface area contributed by atoms with Gasteiger partial charge >= 0.3 is 0 Å². The van der Waals surface area contributed by atoms with Crippen molar-refractivity contribution in [3.8, 4) is 0 Å². The van der Waals surface area contributed by atoms with E-state index in [1.165, 1.54) is 37.7 Å². The van der Waals surface area contributed by atoms with Crippen molar-refractivity contribution in [3.63, 3.8) is 0 Å². The fourth-order valence-electron chi connectivity index (χ4n) is 2.25. The highest BCUT2D eigenvalue weighted by Crippen LogP contribution is 2.29. The summed E-state index contributed by atoms with van der Waals surface area (Å²) in [7, 11) is 0. The third-order valence-electron chi connectivity index (χ3n) is 4.27. The van der Waals surface area contributed by atoms with Crippen LogP contribution in [-0.2, 0) is 0 Å². The van der Waals surface area contributed by atoms with Gasteiger partial charge in [-0.15, -0.1) is 0 Å². The van der Waals surface area contributed by atoms with Crippen molar-refractivity contribution in [3.05, 3.63) is 23.8 Å². The van der Waals surface area contributed by atoms with Crippen LogP contribution >= 0.6 is 0 Å². The normalized spacial score (nSPS) is 16.9. The molecular formula is C19H36. The number of hydrogen-bond donors (Lipinski definition) is 0. The summed E-state index contributed by atoms with van der Waals surface area (Å²) in [6.45, 7) is 16.2. The van der Waals surface area contributed by atoms with Crippen LogP contribution in [0.15, 0.2) is 23.8 Å². The number of hydrogen-bond acceptors (Lipinski definition) is 0. The summed E-state index contributed by atoms with van der Waals surface area (Å²) in [5.41, 5.74) is 1.88. The maximum atomic E-state index is 2.46. The van der Waals surface area contributed by atoms with Crippen LogP contribution in [0, 0.1) is 17.3 Å². The lowest BCUT2D eigenvalue weighted by Crippen LogP contribution is -2.13. The molecule has 0 saturated heterocycles. The molecule has 0 radical (unpaired) electrons. The van der Waals surface area contributed by atoms with E-state index < -0.39 is 0 Å². The monoisotopic (exact) mass is 264 g/mol. The molecule has 0 fully saturated rings. The molecular weight excluding hydrogens is 228 g/mol. The van der Waals surface area contributed by atoms with Crippen LogP contribution in [-0.4, -0.2) is 0 Å². The van der Waals surface area contributed by atoms with Crippen LogP contribution in [0.5, 0.6) is 0 Å². The second kappa shape index (κ2) is 9.39. The van der Waals surface area contributed by atoms with Crippen molar-refractivity contribution in [1.82, 2.24) is 0 Å². The molecule has 0 aromatic carbocycles. The fraction of sp³-hybridized carbons (Fsp3) is 0.789. The minimum absolute atomic E-state index is 0.354. The molecule has 0 spiro atoms. The molecule has 0 heteroatoms. The summed E-state index contributed by atoms with van der Waals surface area (Å²) in [4.78, 5) is 0. The highest BCUT2D eigenvalue weighted by atomic mass is 14.2. The van der Waals surface area contributed by atoms with Gasteiger partial charge in [0.05, 0.1) is 0 Å². The number of allylic oxidation sites excluding steroid dienone is 4. The van der Waals surface area contributed by atoms with Crippen molar-refractivity contribution in [2.45, 2.75) is 80.6 Å². The summed E-state index contributed by atoms with van der Waals surface area (Å²) < 4.78 is 0. The molecule has 2 unspecified atom stereocenters. The Balaban J connectivity index is 4.24. The van der Waals surface area contributed by atoms with Crippen LogP contribution in [0.4, 0.5) is 0 Å². The molecule has 112 valence electrons. The molecule has 2 atom stereocenters. The standard InChI is InChI=1S/C19H36/c1-8-10-11-13-19(6,7)14-12-17(4)18(5)15-16(3)9-2/h11,13,15,17-18H,8-10,12,14H2,1-7H3. The maximum Gasteiger partial charge on any atom is -0.0175 e. The van der Waals surface area contributed by atoms with Crippen molar-refractivity contribution in [1.29, 1.82) is 0 Å². The molecule has 0 aliphatic rings. The van der Waals surface area contributed by atoms with E-state index in [-0.39, 0.29) is 0 Å². The highest BCUT2D eigenvalue weighted by Gasteiger charge is 2.17. The van der Waals surface area contributed by atoms with Crippen LogP contribution in [0.1, 0.15) is 80.6 Å². The van der Waals surface area contributed by atoms with Crippen LogP contribution < -0.4 is 0 Å². The highest BCUT2D eigenvalue weighted by molar-refractivity contribution is 5.01. The number of rotatable bonds is 9. The first kappa shape index (κ1) is 18.5. The average molecular weight is 264 g/mol. The molecule has 0 amide bonds. The van der Waals surface area contributed by atoms with E-state index in [1.807, 2.05) is 0 Å². The van der Waals surface area contributed by atoms with Crippen LogP contribution in [0.25, 0.3) is 0 Å². The molecule has 0 heterocycles. The molecule has 0 aromatic heterocycles. The Kier molecular flexibility index (Phi) is 9.14. The largest absolute Gasteiger partial charge is 0.0880 e. The Morgan fingerprint density at radius 3 is 2.32 bits per heavy atom. The van der Waals surface area contributed by atoms with Crippen molar-refractivity contribution < 1.29 is 0 Å². The van der Waals surface area contributed by atoms with Gasteiger partial charge in [0.1, 0.15) is 0 Å². The second-order valence-corrected chi connectivity index (χ2v) is 6.92. The van der Waals surface area contributed by atoms with Gasteiger partial charge in [-0.2, -0.15) is 0 Å². The Morgan fingerprint density at radius 1 is 1.16 bits per heavy atom. The van der Waals surface area contributed by atoms with E-state index in [9.17, 15) is 0 Å². The van der Waals surface area contributed by atoms with E-state index in [4.69, 9.17) is 0 Å². The summed E-state index contributed by atoms with van der Waals surface area (Å²) in [5.74, 6) is 1.48. The third-order valence-corrected chi connectivity index (χ3v) is 4.27. The van der Waals surface area contributed by atoms with Crippen LogP contribution in [0.2, 0.25) is 0 Å². The molecule has 0 aromatic rings. The third kappa shape index (κ3) is 9.08. The topological polar surface area (TPSA) is 0 Å². The lowest BCUT2D eigenvalue weighted by Gasteiger charge is -2.25. The Morgan fingerprint density at radius 2 is 1.79 bits per heavy atom. The summed E-state index contributed by atoms with van der Waals surface area (Å²) in [6, 6.07) is 0. The first-order chi connectivity index (χ1) is 8.82. The van der Waals surface area contributed by atoms with Gasteiger partial charge in [0.25, 0.3) is 0 Å². The van der Waals surface area contributed by atoms with Crippen molar-refractivity contribution in [2.75, 3.05) is 0 Å². The van der Waals surface area contributed by atoms with E-state index >= 15 is 0 Å². The zero-order valence-electron chi connectivity index (χ0n) is 14.4. The summed E-state index contributed by atoms with van der Waals surface area (Å²) in [5, 5.41) is 0. The minimum Gasteiger partial charge on any atom is -0.0880 e. The second-order valence-electron chi connectivity index (χ2n) is 6.92. The van der Waals surface area contributed by atoms with E-state index in [0.717, 1.165) is 5.92 Å². The molecule has 19 heavy (non-hydrogen) atoms. The van der Waals surface area contributed by atoms with Gasteiger partial charge in [0.2, 0.25) is 0 Å². The Bertz CT molecular complexity index is 280. The molecule has 0 N–H and O–H groups in total. The first-order valence-electron chi connectivity index (χ1n) is 8.17. The van der Waals surface area contributed by atoms with Gasteiger partial charge in [0, 0.05) is 0 Å². The van der Waals surface area contributed by atoms with Gasteiger partial charge in [-0.3, -0.25) is 0 Å². The first-order valence-corrected chi connectivity index (χ1v) is 8.17. The number of unbranched alkanes of at least 4 members (excludes halogenated alkanes) is 1. The maximum absolute atomic E-state index is 2.46. The lowest BCUT2D eigenvalue weighted by molar-refractivity contribution is 0.335. The quantitative estimate of drug-likeness (QED) is 0.403. The van der Waals surface area contributed by atoms with Crippen molar-refractivity contribution in [2.24, 2.45) is 17.3 Å². The predicted molar refractivity (Wildman–Crippen MR) is 89.4 cm³/mol. The van der Waals surface area contributed by atoms with Gasteiger partial charge < -0.3 is 0 Å². The Hall–Kier alpha value is -0.520. The van der Waals surface area contributed by atoms with Gasteiger partial charge in [0.15, 0.2) is 0 Å². The van der Waals surface area contributed by atoms with Crippen LogP contribution in [0.3, 0.4) is 0 Å². The predicted octanol–water partition coefficient (Wildman–Crippen LogP) is 6.78. The van der Waals surface area contributed by atoms with Gasteiger partial charge in [-0.05, 0) is 49.9 Å². The fourth-order valence-corrected chi connectivity index (χ4v) is 2.25. The summed E-state index contributed by atoms with van der Waals surface area (Å²) in [6.07, 6.45) is 13.5. The zero-order chi connectivity index (χ0) is 14.9. The minimum atomic E-state index is 0.354. The Labute approximate surface area is 122 Å². The molecule has 0 aliphatic heterocycles. The van der Waals surface area contributed by atoms with E-state index in [2.05, 4.69) is 66.7 Å². The zero-order valence-corrected chi connectivity index (χ0v) is 14.4. The summed E-state index contributed by atoms with van der Waals surface area (Å²) >= 11 is 0. The average Bonchev–Trinajstić information content (AvgIpc) is 2.35.